The molecule has 6 heteroatoms. The van der Waals surface area contributed by atoms with Gasteiger partial charge in [-0.1, -0.05) is 44.2 Å². The number of phenols is 1. The molecular weight excluding hydrogens is 404 g/mol. The fraction of sp³-hybridized carbons (Fsp3) is 0.385. The van der Waals surface area contributed by atoms with Crippen molar-refractivity contribution in [2.45, 2.75) is 40.2 Å². The van der Waals surface area contributed by atoms with E-state index in [4.69, 9.17) is 0 Å². The van der Waals surface area contributed by atoms with Crippen LogP contribution in [0, 0.1) is 13.8 Å². The molecule has 2 aromatic carbocycles. The predicted octanol–water partition coefficient (Wildman–Crippen LogP) is 4.16. The fourth-order valence-electron chi connectivity index (χ4n) is 4.23. The molecule has 32 heavy (non-hydrogen) atoms. The summed E-state index contributed by atoms with van der Waals surface area (Å²) in [6, 6.07) is 11.8. The summed E-state index contributed by atoms with van der Waals surface area (Å²) in [5, 5.41) is 21.6. The Balaban J connectivity index is 2.06. The number of aromatic hydroxyl groups is 1. The van der Waals surface area contributed by atoms with E-state index in [0.717, 1.165) is 36.3 Å². The van der Waals surface area contributed by atoms with Crippen LogP contribution >= 0.6 is 0 Å². The van der Waals surface area contributed by atoms with E-state index >= 15 is 0 Å². The highest BCUT2D eigenvalue weighted by molar-refractivity contribution is 6.46. The molecule has 3 rings (SSSR count). The number of aryl methyl sites for hydroxylation is 2. The number of hydrogen-bond acceptors (Lipinski definition) is 5. The standard InChI is InChI=1S/C26H32N2O4/c1-5-27(6-2)13-10-14-28-23(19-11-8-7-9-12-19)22(25(31)26(28)32)24(30)20-15-17(3)18(4)16-21(20)29/h7-9,11-12,15-16,23,29-30H,5-6,10,13-14H2,1-4H3/t23-/m1/s1. The summed E-state index contributed by atoms with van der Waals surface area (Å²) in [6.45, 7) is 11.0. The van der Waals surface area contributed by atoms with Crippen molar-refractivity contribution in [2.24, 2.45) is 0 Å². The van der Waals surface area contributed by atoms with Crippen LogP contribution < -0.4 is 0 Å². The molecule has 2 N–H and O–H groups in total. The zero-order chi connectivity index (χ0) is 23.4. The van der Waals surface area contributed by atoms with Gasteiger partial charge in [-0.05, 0) is 68.7 Å². The number of phenolic OH excluding ortho intramolecular Hbond substituents is 1. The third kappa shape index (κ3) is 4.55. The van der Waals surface area contributed by atoms with E-state index in [0.29, 0.717) is 13.0 Å². The summed E-state index contributed by atoms with van der Waals surface area (Å²) in [7, 11) is 0. The lowest BCUT2D eigenvalue weighted by Crippen LogP contribution is -2.33. The molecule has 1 heterocycles. The molecule has 1 saturated heterocycles. The monoisotopic (exact) mass is 436 g/mol. The highest BCUT2D eigenvalue weighted by Gasteiger charge is 2.46. The number of carbonyl (C=O) groups excluding carboxylic acids is 2. The lowest BCUT2D eigenvalue weighted by atomic mass is 9.94. The van der Waals surface area contributed by atoms with Gasteiger partial charge in [0, 0.05) is 6.54 Å². The van der Waals surface area contributed by atoms with E-state index in [1.165, 1.54) is 0 Å². The molecule has 1 aliphatic heterocycles. The molecule has 1 atom stereocenters. The second-order valence-corrected chi connectivity index (χ2v) is 8.24. The van der Waals surface area contributed by atoms with Crippen LogP contribution in [-0.2, 0) is 9.59 Å². The molecule has 2 aromatic rings. The summed E-state index contributed by atoms with van der Waals surface area (Å²) in [4.78, 5) is 29.9. The molecule has 1 aliphatic rings. The molecule has 0 aliphatic carbocycles. The zero-order valence-corrected chi connectivity index (χ0v) is 19.3. The van der Waals surface area contributed by atoms with Gasteiger partial charge in [0.15, 0.2) is 0 Å². The molecule has 1 amide bonds. The second kappa shape index (κ2) is 10.0. The first-order valence-electron chi connectivity index (χ1n) is 11.2. The lowest BCUT2D eigenvalue weighted by Gasteiger charge is -2.26. The number of amides is 1. The van der Waals surface area contributed by atoms with E-state index in [2.05, 4.69) is 18.7 Å². The van der Waals surface area contributed by atoms with Crippen molar-refractivity contribution in [1.82, 2.24) is 9.80 Å². The van der Waals surface area contributed by atoms with Gasteiger partial charge in [-0.2, -0.15) is 0 Å². The van der Waals surface area contributed by atoms with Gasteiger partial charge in [0.1, 0.15) is 11.5 Å². The van der Waals surface area contributed by atoms with Crippen LogP contribution in [0.2, 0.25) is 0 Å². The molecule has 1 fully saturated rings. The zero-order valence-electron chi connectivity index (χ0n) is 19.3. The van der Waals surface area contributed by atoms with Crippen LogP contribution in [0.1, 0.15) is 48.6 Å². The molecule has 6 nitrogen and oxygen atoms in total. The molecule has 0 aromatic heterocycles. The first-order chi connectivity index (χ1) is 15.3. The number of ketones is 1. The summed E-state index contributed by atoms with van der Waals surface area (Å²) in [6.07, 6.45) is 0.715. The number of benzene rings is 2. The Labute approximate surface area is 189 Å². The van der Waals surface area contributed by atoms with Crippen molar-refractivity contribution in [3.63, 3.8) is 0 Å². The first kappa shape index (κ1) is 23.5. The summed E-state index contributed by atoms with van der Waals surface area (Å²) in [5.41, 5.74) is 2.67. The average molecular weight is 437 g/mol. The maximum Gasteiger partial charge on any atom is 0.295 e. The third-order valence-electron chi connectivity index (χ3n) is 6.29. The Morgan fingerprint density at radius 2 is 1.66 bits per heavy atom. The Kier molecular flexibility index (Phi) is 7.36. The number of Topliss-reactive ketones (excluding diaryl/α,β-unsaturated/α-hetero) is 1. The number of carbonyl (C=O) groups is 2. The molecular formula is C26H32N2O4. The van der Waals surface area contributed by atoms with E-state index in [1.54, 1.807) is 17.0 Å². The third-order valence-corrected chi connectivity index (χ3v) is 6.29. The van der Waals surface area contributed by atoms with E-state index in [9.17, 15) is 19.8 Å². The largest absolute Gasteiger partial charge is 0.507 e. The maximum atomic E-state index is 13.1. The molecule has 0 radical (unpaired) electrons. The smallest absolute Gasteiger partial charge is 0.295 e. The number of rotatable bonds is 8. The second-order valence-electron chi connectivity index (χ2n) is 8.24. The normalized spacial score (nSPS) is 18.0. The first-order valence-corrected chi connectivity index (χ1v) is 11.2. The van der Waals surface area contributed by atoms with Crippen molar-refractivity contribution in [2.75, 3.05) is 26.2 Å². The minimum atomic E-state index is -0.725. The Bertz CT molecular complexity index is 1030. The van der Waals surface area contributed by atoms with E-state index in [-0.39, 0.29) is 22.6 Å². The van der Waals surface area contributed by atoms with Gasteiger partial charge in [0.25, 0.3) is 11.7 Å². The SMILES string of the molecule is CCN(CC)CCCN1C(=O)C(=O)C(=C(O)c2cc(C)c(C)cc2O)[C@H]1c1ccccc1. The van der Waals surface area contributed by atoms with Gasteiger partial charge in [-0.25, -0.2) is 0 Å². The van der Waals surface area contributed by atoms with Gasteiger partial charge < -0.3 is 20.0 Å². The van der Waals surface area contributed by atoms with Gasteiger partial charge in [-0.3, -0.25) is 9.59 Å². The summed E-state index contributed by atoms with van der Waals surface area (Å²) >= 11 is 0. The Morgan fingerprint density at radius 1 is 1.03 bits per heavy atom. The van der Waals surface area contributed by atoms with Crippen LogP contribution in [-0.4, -0.2) is 57.9 Å². The number of hydrogen-bond donors (Lipinski definition) is 2. The Hall–Kier alpha value is -3.12. The summed E-state index contributed by atoms with van der Waals surface area (Å²) < 4.78 is 0. The minimum absolute atomic E-state index is 0.0163. The molecule has 170 valence electrons. The van der Waals surface area contributed by atoms with Crippen molar-refractivity contribution in [3.05, 3.63) is 70.3 Å². The van der Waals surface area contributed by atoms with E-state index < -0.39 is 17.7 Å². The van der Waals surface area contributed by atoms with Crippen molar-refractivity contribution in [1.29, 1.82) is 0 Å². The maximum absolute atomic E-state index is 13.1. The molecule has 0 saturated carbocycles. The topological polar surface area (TPSA) is 81.1 Å². The molecule has 0 bridgehead atoms. The fourth-order valence-corrected chi connectivity index (χ4v) is 4.23. The van der Waals surface area contributed by atoms with Gasteiger partial charge in [-0.15, -0.1) is 0 Å². The van der Waals surface area contributed by atoms with Gasteiger partial charge >= 0.3 is 0 Å². The molecule has 0 spiro atoms. The van der Waals surface area contributed by atoms with E-state index in [1.807, 2.05) is 44.2 Å². The highest BCUT2D eigenvalue weighted by atomic mass is 16.3. The van der Waals surface area contributed by atoms with Gasteiger partial charge in [0.2, 0.25) is 0 Å². The van der Waals surface area contributed by atoms with Crippen molar-refractivity contribution >= 4 is 17.4 Å². The van der Waals surface area contributed by atoms with Crippen LogP contribution in [0.15, 0.2) is 48.0 Å². The van der Waals surface area contributed by atoms with Crippen LogP contribution in [0.3, 0.4) is 0 Å². The lowest BCUT2D eigenvalue weighted by molar-refractivity contribution is -0.140. The Morgan fingerprint density at radius 3 is 2.28 bits per heavy atom. The summed E-state index contributed by atoms with van der Waals surface area (Å²) in [5.74, 6) is -1.81. The number of nitrogens with zero attached hydrogens (tertiary/aromatic N) is 2. The highest BCUT2D eigenvalue weighted by Crippen LogP contribution is 2.41. The quantitative estimate of drug-likeness (QED) is 0.369. The average Bonchev–Trinajstić information content (AvgIpc) is 3.04. The van der Waals surface area contributed by atoms with Crippen LogP contribution in [0.25, 0.3) is 5.76 Å². The van der Waals surface area contributed by atoms with Crippen molar-refractivity contribution < 1.29 is 19.8 Å². The molecule has 0 unspecified atom stereocenters. The van der Waals surface area contributed by atoms with Crippen molar-refractivity contribution in [3.8, 4) is 5.75 Å². The number of likely N-dealkylation sites (tertiary alicyclic amines) is 1. The predicted molar refractivity (Wildman–Crippen MR) is 125 cm³/mol. The van der Waals surface area contributed by atoms with Crippen LogP contribution in [0.4, 0.5) is 0 Å². The minimum Gasteiger partial charge on any atom is -0.507 e. The number of aliphatic hydroxyl groups excluding tert-OH is 1. The number of aliphatic hydroxyl groups is 1. The van der Waals surface area contributed by atoms with Gasteiger partial charge in [0.05, 0.1) is 17.2 Å². The van der Waals surface area contributed by atoms with Crippen LogP contribution in [0.5, 0.6) is 5.75 Å².